The normalized spacial score (nSPS) is 13.5. The molecular weight excluding hydrogens is 352 g/mol. The van der Waals surface area contributed by atoms with Gasteiger partial charge in [0.1, 0.15) is 11.6 Å². The molecule has 1 aromatic carbocycles. The number of nitrogens with one attached hydrogen (secondary N) is 1. The number of carbonyl (C=O) groups is 2. The van der Waals surface area contributed by atoms with Crippen LogP contribution >= 0.6 is 0 Å². The number of hydrogen-bond acceptors (Lipinski definition) is 5. The number of nitrogens with zero attached hydrogens (tertiary/aromatic N) is 3. The van der Waals surface area contributed by atoms with E-state index in [0.29, 0.717) is 25.2 Å². The van der Waals surface area contributed by atoms with E-state index < -0.39 is 0 Å². The van der Waals surface area contributed by atoms with Crippen molar-refractivity contribution in [3.63, 3.8) is 0 Å². The number of rotatable bonds is 7. The summed E-state index contributed by atoms with van der Waals surface area (Å²) >= 11 is 0. The van der Waals surface area contributed by atoms with Crippen LogP contribution in [-0.2, 0) is 22.6 Å². The molecule has 1 aliphatic heterocycles. The standard InChI is InChI=1S/C22H26N4O2/c1-15(16-7-5-4-6-8-16)9-19(27)11-18-10-17-12-24-22(20(17)13-23-18)25-14-21(28)26(2)3/h4-8,10,13,15H,9,11-12,14H2,1-3H3,(H,24,25)/t15-/m0/s1. The van der Waals surface area contributed by atoms with Crippen LogP contribution in [0.5, 0.6) is 0 Å². The molecule has 0 saturated heterocycles. The van der Waals surface area contributed by atoms with Gasteiger partial charge in [0, 0.05) is 44.4 Å². The number of pyridine rings is 1. The monoisotopic (exact) mass is 378 g/mol. The Balaban J connectivity index is 1.57. The Kier molecular flexibility index (Phi) is 6.19. The average molecular weight is 378 g/mol. The minimum absolute atomic E-state index is 0.0149. The first kappa shape index (κ1) is 19.7. The van der Waals surface area contributed by atoms with E-state index in [9.17, 15) is 9.59 Å². The van der Waals surface area contributed by atoms with E-state index >= 15 is 0 Å². The second-order valence-corrected chi connectivity index (χ2v) is 7.37. The highest BCUT2D eigenvalue weighted by Crippen LogP contribution is 2.21. The van der Waals surface area contributed by atoms with Crippen molar-refractivity contribution in [2.75, 3.05) is 20.6 Å². The first-order chi connectivity index (χ1) is 13.4. The summed E-state index contributed by atoms with van der Waals surface area (Å²) in [6.07, 6.45) is 2.57. The molecule has 1 amide bonds. The molecule has 1 aromatic heterocycles. The highest BCUT2D eigenvalue weighted by Gasteiger charge is 2.19. The number of likely N-dealkylation sites (N-methyl/N-ethyl adjacent to an activating group) is 1. The van der Waals surface area contributed by atoms with E-state index in [2.05, 4.69) is 34.3 Å². The first-order valence-corrected chi connectivity index (χ1v) is 9.47. The summed E-state index contributed by atoms with van der Waals surface area (Å²) in [6, 6.07) is 12.0. The van der Waals surface area contributed by atoms with Gasteiger partial charge < -0.3 is 10.2 Å². The molecule has 2 aromatic rings. The number of amides is 1. The summed E-state index contributed by atoms with van der Waals surface area (Å²) < 4.78 is 0. The molecule has 1 N–H and O–H groups in total. The number of aliphatic imine (C=N–C) groups is 1. The van der Waals surface area contributed by atoms with Gasteiger partial charge in [0.25, 0.3) is 0 Å². The van der Waals surface area contributed by atoms with Crippen LogP contribution in [0.3, 0.4) is 0 Å². The van der Waals surface area contributed by atoms with Gasteiger partial charge in [-0.3, -0.25) is 19.6 Å². The molecule has 146 valence electrons. The number of Topliss-reactive ketones (excluding diaryl/α,β-unsaturated/α-hetero) is 1. The Hall–Kier alpha value is -3.02. The van der Waals surface area contributed by atoms with Crippen molar-refractivity contribution in [3.05, 3.63) is 65.0 Å². The molecule has 0 aliphatic carbocycles. The zero-order valence-corrected chi connectivity index (χ0v) is 16.6. The van der Waals surface area contributed by atoms with Crippen molar-refractivity contribution in [2.45, 2.75) is 32.2 Å². The van der Waals surface area contributed by atoms with Crippen LogP contribution in [0.15, 0.2) is 47.6 Å². The first-order valence-electron chi connectivity index (χ1n) is 9.47. The van der Waals surface area contributed by atoms with Gasteiger partial charge in [-0.2, -0.15) is 0 Å². The highest BCUT2D eigenvalue weighted by atomic mass is 16.2. The van der Waals surface area contributed by atoms with E-state index in [1.165, 1.54) is 10.5 Å². The van der Waals surface area contributed by atoms with Crippen molar-refractivity contribution >= 4 is 17.5 Å². The second kappa shape index (κ2) is 8.78. The number of carbonyl (C=O) groups excluding carboxylic acids is 2. The van der Waals surface area contributed by atoms with Gasteiger partial charge in [0.15, 0.2) is 0 Å². The lowest BCUT2D eigenvalue weighted by Gasteiger charge is -2.12. The number of aromatic nitrogens is 1. The van der Waals surface area contributed by atoms with Gasteiger partial charge in [0.2, 0.25) is 5.91 Å². The minimum Gasteiger partial charge on any atom is -0.361 e. The molecular formula is C22H26N4O2. The zero-order chi connectivity index (χ0) is 20.1. The van der Waals surface area contributed by atoms with Gasteiger partial charge in [-0.15, -0.1) is 0 Å². The Bertz CT molecular complexity index is 891. The van der Waals surface area contributed by atoms with Crippen LogP contribution in [0.2, 0.25) is 0 Å². The highest BCUT2D eigenvalue weighted by molar-refractivity contribution is 6.03. The predicted molar refractivity (Wildman–Crippen MR) is 109 cm³/mol. The van der Waals surface area contributed by atoms with Gasteiger partial charge >= 0.3 is 0 Å². The van der Waals surface area contributed by atoms with Crippen LogP contribution in [0, 0.1) is 0 Å². The topological polar surface area (TPSA) is 74.7 Å². The number of amidine groups is 1. The smallest absolute Gasteiger partial charge is 0.241 e. The van der Waals surface area contributed by atoms with E-state index in [1.807, 2.05) is 24.3 Å². The quantitative estimate of drug-likeness (QED) is 0.802. The molecule has 0 fully saturated rings. The molecule has 0 bridgehead atoms. The lowest BCUT2D eigenvalue weighted by atomic mass is 9.94. The number of ketones is 1. The summed E-state index contributed by atoms with van der Waals surface area (Å²) in [5.74, 6) is 1.04. The minimum atomic E-state index is -0.0149. The van der Waals surface area contributed by atoms with E-state index in [-0.39, 0.29) is 24.2 Å². The Morgan fingerprint density at radius 2 is 1.96 bits per heavy atom. The molecule has 1 aliphatic rings. The summed E-state index contributed by atoms with van der Waals surface area (Å²) in [7, 11) is 3.44. The third-order valence-electron chi connectivity index (χ3n) is 4.90. The van der Waals surface area contributed by atoms with Crippen LogP contribution < -0.4 is 5.32 Å². The SMILES string of the molecule is C[C@@H](CC(=O)Cc1cc2c(cn1)C(NCC(=O)N(C)C)=NC2)c1ccccc1. The van der Waals surface area contributed by atoms with Gasteiger partial charge in [0.05, 0.1) is 13.1 Å². The van der Waals surface area contributed by atoms with Crippen molar-refractivity contribution in [2.24, 2.45) is 4.99 Å². The van der Waals surface area contributed by atoms with E-state index in [1.54, 1.807) is 20.3 Å². The average Bonchev–Trinajstić information content (AvgIpc) is 3.08. The maximum Gasteiger partial charge on any atom is 0.241 e. The fourth-order valence-corrected chi connectivity index (χ4v) is 3.22. The second-order valence-electron chi connectivity index (χ2n) is 7.37. The van der Waals surface area contributed by atoms with E-state index in [0.717, 1.165) is 16.8 Å². The predicted octanol–water partition coefficient (Wildman–Crippen LogP) is 2.33. The largest absolute Gasteiger partial charge is 0.361 e. The summed E-state index contributed by atoms with van der Waals surface area (Å²) in [5, 5.41) is 3.08. The third kappa shape index (κ3) is 4.82. The van der Waals surface area contributed by atoms with Gasteiger partial charge in [-0.25, -0.2) is 0 Å². The molecule has 0 saturated carbocycles. The number of hydrogen-bond donors (Lipinski definition) is 1. The maximum atomic E-state index is 12.5. The summed E-state index contributed by atoms with van der Waals surface area (Å²) in [4.78, 5) is 34.6. The molecule has 0 unspecified atom stereocenters. The number of fused-ring (bicyclic) bond motifs is 1. The van der Waals surface area contributed by atoms with Crippen LogP contribution in [0.4, 0.5) is 0 Å². The molecule has 3 rings (SSSR count). The third-order valence-corrected chi connectivity index (χ3v) is 4.90. The Morgan fingerprint density at radius 1 is 1.21 bits per heavy atom. The van der Waals surface area contributed by atoms with Gasteiger partial charge in [-0.1, -0.05) is 37.3 Å². The van der Waals surface area contributed by atoms with Crippen molar-refractivity contribution in [1.29, 1.82) is 0 Å². The van der Waals surface area contributed by atoms with Crippen LogP contribution in [0.25, 0.3) is 0 Å². The number of benzene rings is 1. The Labute approximate surface area is 165 Å². The van der Waals surface area contributed by atoms with E-state index in [4.69, 9.17) is 0 Å². The van der Waals surface area contributed by atoms with Crippen molar-refractivity contribution in [3.8, 4) is 0 Å². The molecule has 1 atom stereocenters. The molecule has 28 heavy (non-hydrogen) atoms. The maximum absolute atomic E-state index is 12.5. The van der Waals surface area contributed by atoms with Crippen molar-refractivity contribution in [1.82, 2.24) is 15.2 Å². The lowest BCUT2D eigenvalue weighted by Crippen LogP contribution is -2.36. The summed E-state index contributed by atoms with van der Waals surface area (Å²) in [5.41, 5.74) is 3.88. The molecule has 6 nitrogen and oxygen atoms in total. The molecule has 6 heteroatoms. The molecule has 0 radical (unpaired) electrons. The summed E-state index contributed by atoms with van der Waals surface area (Å²) in [6.45, 7) is 2.81. The van der Waals surface area contributed by atoms with Gasteiger partial charge in [-0.05, 0) is 23.1 Å². The van der Waals surface area contributed by atoms with Crippen LogP contribution in [-0.4, -0.2) is 48.1 Å². The Morgan fingerprint density at radius 3 is 2.68 bits per heavy atom. The molecule has 2 heterocycles. The van der Waals surface area contributed by atoms with Crippen molar-refractivity contribution < 1.29 is 9.59 Å². The molecule has 0 spiro atoms. The fraction of sp³-hybridized carbons (Fsp3) is 0.364. The fourth-order valence-electron chi connectivity index (χ4n) is 3.22. The van der Waals surface area contributed by atoms with Crippen LogP contribution in [0.1, 0.15) is 41.6 Å². The zero-order valence-electron chi connectivity index (χ0n) is 16.6. The lowest BCUT2D eigenvalue weighted by molar-refractivity contribution is -0.127.